The van der Waals surface area contributed by atoms with Gasteiger partial charge in [0.05, 0.1) is 19.3 Å². The molecule has 3 heteroatoms. The van der Waals surface area contributed by atoms with Gasteiger partial charge >= 0.3 is 0 Å². The van der Waals surface area contributed by atoms with E-state index >= 15 is 0 Å². The highest BCUT2D eigenvalue weighted by molar-refractivity contribution is 5.37. The maximum absolute atomic E-state index is 9.61. The SMILES string of the molecule is COc1ccc(C2CC(O)CCO2)cc1C. The first kappa shape index (κ1) is 11.4. The Hall–Kier alpha value is -1.06. The van der Waals surface area contributed by atoms with Crippen molar-refractivity contribution in [3.8, 4) is 5.75 Å². The summed E-state index contributed by atoms with van der Waals surface area (Å²) >= 11 is 0. The number of rotatable bonds is 2. The highest BCUT2D eigenvalue weighted by Gasteiger charge is 2.22. The van der Waals surface area contributed by atoms with E-state index < -0.39 is 0 Å². The quantitative estimate of drug-likeness (QED) is 0.833. The molecule has 0 aromatic heterocycles. The number of aliphatic hydroxyl groups is 1. The summed E-state index contributed by atoms with van der Waals surface area (Å²) in [6.45, 7) is 2.65. The van der Waals surface area contributed by atoms with Crippen molar-refractivity contribution < 1.29 is 14.6 Å². The number of ether oxygens (including phenoxy) is 2. The van der Waals surface area contributed by atoms with Gasteiger partial charge in [-0.25, -0.2) is 0 Å². The molecule has 2 atom stereocenters. The van der Waals surface area contributed by atoms with Crippen LogP contribution in [0.5, 0.6) is 5.75 Å². The third kappa shape index (κ3) is 2.36. The van der Waals surface area contributed by atoms with Crippen molar-refractivity contribution in [2.24, 2.45) is 0 Å². The van der Waals surface area contributed by atoms with Crippen molar-refractivity contribution in [3.63, 3.8) is 0 Å². The predicted molar refractivity (Wildman–Crippen MR) is 61.7 cm³/mol. The number of benzene rings is 1. The minimum absolute atomic E-state index is 0.0216. The van der Waals surface area contributed by atoms with Crippen LogP contribution in [-0.2, 0) is 4.74 Å². The molecule has 1 aliphatic rings. The summed E-state index contributed by atoms with van der Waals surface area (Å²) in [5.41, 5.74) is 2.22. The Morgan fingerprint density at radius 3 is 2.88 bits per heavy atom. The van der Waals surface area contributed by atoms with Gasteiger partial charge in [-0.3, -0.25) is 0 Å². The Balaban J connectivity index is 2.17. The molecule has 1 heterocycles. The monoisotopic (exact) mass is 222 g/mol. The standard InChI is InChI=1S/C13H18O3/c1-9-7-10(3-4-12(9)15-2)13-8-11(14)5-6-16-13/h3-4,7,11,13-14H,5-6,8H2,1-2H3. The molecule has 0 saturated carbocycles. The van der Waals surface area contributed by atoms with Crippen molar-refractivity contribution >= 4 is 0 Å². The molecule has 1 aromatic rings. The lowest BCUT2D eigenvalue weighted by molar-refractivity contribution is -0.0448. The second-order valence-corrected chi connectivity index (χ2v) is 4.27. The van der Waals surface area contributed by atoms with Gasteiger partial charge in [-0.15, -0.1) is 0 Å². The molecule has 3 nitrogen and oxygen atoms in total. The summed E-state index contributed by atoms with van der Waals surface area (Å²) in [5, 5.41) is 9.61. The minimum atomic E-state index is -0.235. The summed E-state index contributed by atoms with van der Waals surface area (Å²) in [4.78, 5) is 0. The summed E-state index contributed by atoms with van der Waals surface area (Å²) < 4.78 is 10.9. The first-order chi connectivity index (χ1) is 7.70. The van der Waals surface area contributed by atoms with E-state index in [1.807, 2.05) is 19.1 Å². The van der Waals surface area contributed by atoms with Crippen LogP contribution >= 0.6 is 0 Å². The maximum Gasteiger partial charge on any atom is 0.121 e. The fraction of sp³-hybridized carbons (Fsp3) is 0.538. The summed E-state index contributed by atoms with van der Waals surface area (Å²) in [6, 6.07) is 6.03. The predicted octanol–water partition coefficient (Wildman–Crippen LogP) is 2.22. The van der Waals surface area contributed by atoms with Gasteiger partial charge in [0.2, 0.25) is 0 Å². The zero-order valence-electron chi connectivity index (χ0n) is 9.77. The van der Waals surface area contributed by atoms with Crippen LogP contribution in [0.1, 0.15) is 30.1 Å². The summed E-state index contributed by atoms with van der Waals surface area (Å²) in [7, 11) is 1.67. The van der Waals surface area contributed by atoms with Crippen molar-refractivity contribution in [1.29, 1.82) is 0 Å². The van der Waals surface area contributed by atoms with Crippen LogP contribution in [0.4, 0.5) is 0 Å². The Morgan fingerprint density at radius 2 is 2.25 bits per heavy atom. The molecule has 1 fully saturated rings. The van der Waals surface area contributed by atoms with Crippen LogP contribution < -0.4 is 4.74 Å². The lowest BCUT2D eigenvalue weighted by atomic mass is 9.98. The zero-order chi connectivity index (χ0) is 11.5. The van der Waals surface area contributed by atoms with E-state index in [1.165, 1.54) is 0 Å². The Bertz CT molecular complexity index is 362. The van der Waals surface area contributed by atoms with E-state index in [9.17, 15) is 5.11 Å². The molecule has 1 aliphatic heterocycles. The number of methoxy groups -OCH3 is 1. The van der Waals surface area contributed by atoms with Gasteiger partial charge in [0.25, 0.3) is 0 Å². The first-order valence-electron chi connectivity index (χ1n) is 5.65. The molecule has 0 radical (unpaired) electrons. The second-order valence-electron chi connectivity index (χ2n) is 4.27. The third-order valence-corrected chi connectivity index (χ3v) is 3.05. The molecule has 2 rings (SSSR count). The van der Waals surface area contributed by atoms with Crippen LogP contribution in [-0.4, -0.2) is 24.9 Å². The zero-order valence-corrected chi connectivity index (χ0v) is 9.77. The molecule has 0 bridgehead atoms. The van der Waals surface area contributed by atoms with E-state index in [0.29, 0.717) is 13.0 Å². The molecular formula is C13H18O3. The molecule has 16 heavy (non-hydrogen) atoms. The lowest BCUT2D eigenvalue weighted by Gasteiger charge is -2.27. The van der Waals surface area contributed by atoms with Crippen molar-refractivity contribution in [1.82, 2.24) is 0 Å². The number of aliphatic hydroxyl groups excluding tert-OH is 1. The van der Waals surface area contributed by atoms with Gasteiger partial charge in [-0.2, -0.15) is 0 Å². The molecule has 0 amide bonds. The van der Waals surface area contributed by atoms with Crippen molar-refractivity contribution in [2.45, 2.75) is 32.0 Å². The molecule has 1 saturated heterocycles. The maximum atomic E-state index is 9.61. The highest BCUT2D eigenvalue weighted by atomic mass is 16.5. The Kier molecular flexibility index (Phi) is 3.46. The number of aryl methyl sites for hydroxylation is 1. The lowest BCUT2D eigenvalue weighted by Crippen LogP contribution is -2.23. The van der Waals surface area contributed by atoms with Gasteiger partial charge < -0.3 is 14.6 Å². The van der Waals surface area contributed by atoms with E-state index in [-0.39, 0.29) is 12.2 Å². The molecule has 0 aliphatic carbocycles. The molecule has 0 spiro atoms. The van der Waals surface area contributed by atoms with Crippen LogP contribution in [0.25, 0.3) is 0 Å². The Labute approximate surface area is 96.0 Å². The van der Waals surface area contributed by atoms with Crippen LogP contribution in [0, 0.1) is 6.92 Å². The van der Waals surface area contributed by atoms with E-state index in [1.54, 1.807) is 7.11 Å². The number of hydrogen-bond donors (Lipinski definition) is 1. The fourth-order valence-corrected chi connectivity index (χ4v) is 2.11. The van der Waals surface area contributed by atoms with E-state index in [2.05, 4.69) is 6.07 Å². The van der Waals surface area contributed by atoms with Gasteiger partial charge in [0.15, 0.2) is 0 Å². The van der Waals surface area contributed by atoms with Gasteiger partial charge in [0, 0.05) is 13.0 Å². The molecule has 88 valence electrons. The Morgan fingerprint density at radius 1 is 1.44 bits per heavy atom. The molecular weight excluding hydrogens is 204 g/mol. The molecule has 1 N–H and O–H groups in total. The summed E-state index contributed by atoms with van der Waals surface area (Å²) in [5.74, 6) is 0.889. The van der Waals surface area contributed by atoms with Gasteiger partial charge in [-0.1, -0.05) is 6.07 Å². The second kappa shape index (κ2) is 4.85. The first-order valence-corrected chi connectivity index (χ1v) is 5.65. The summed E-state index contributed by atoms with van der Waals surface area (Å²) in [6.07, 6.45) is 1.21. The van der Waals surface area contributed by atoms with Crippen molar-refractivity contribution in [3.05, 3.63) is 29.3 Å². The normalized spacial score (nSPS) is 25.4. The number of hydrogen-bond acceptors (Lipinski definition) is 3. The average molecular weight is 222 g/mol. The van der Waals surface area contributed by atoms with Crippen LogP contribution in [0.3, 0.4) is 0 Å². The molecule has 1 aromatic carbocycles. The molecule has 2 unspecified atom stereocenters. The minimum Gasteiger partial charge on any atom is -0.496 e. The van der Waals surface area contributed by atoms with E-state index in [0.717, 1.165) is 23.3 Å². The van der Waals surface area contributed by atoms with Crippen molar-refractivity contribution in [2.75, 3.05) is 13.7 Å². The van der Waals surface area contributed by atoms with E-state index in [4.69, 9.17) is 9.47 Å². The van der Waals surface area contributed by atoms with Gasteiger partial charge in [0.1, 0.15) is 5.75 Å². The average Bonchev–Trinajstić information content (AvgIpc) is 2.29. The topological polar surface area (TPSA) is 38.7 Å². The van der Waals surface area contributed by atoms with Crippen LogP contribution in [0.2, 0.25) is 0 Å². The third-order valence-electron chi connectivity index (χ3n) is 3.05. The van der Waals surface area contributed by atoms with Gasteiger partial charge in [-0.05, 0) is 36.6 Å². The largest absolute Gasteiger partial charge is 0.496 e. The smallest absolute Gasteiger partial charge is 0.121 e. The fourth-order valence-electron chi connectivity index (χ4n) is 2.11. The highest BCUT2D eigenvalue weighted by Crippen LogP contribution is 2.30. The van der Waals surface area contributed by atoms with Crippen LogP contribution in [0.15, 0.2) is 18.2 Å².